The number of pyridine rings is 1. The van der Waals surface area contributed by atoms with E-state index >= 15 is 0 Å². The van der Waals surface area contributed by atoms with Crippen molar-refractivity contribution < 1.29 is 9.90 Å². The maximum Gasteiger partial charge on any atom is 0.270 e. The number of nitrogens with zero attached hydrogens (tertiary/aromatic N) is 1. The summed E-state index contributed by atoms with van der Waals surface area (Å²) in [7, 11) is 1.65. The third kappa shape index (κ3) is 3.05. The molecule has 20 heavy (non-hydrogen) atoms. The number of aliphatic hydroxyl groups is 1. The van der Waals surface area contributed by atoms with Gasteiger partial charge in [-0.2, -0.15) is 0 Å². The van der Waals surface area contributed by atoms with Crippen LogP contribution in [0.4, 0.5) is 0 Å². The standard InChI is InChI=1S/C15H18N2O3/c1-10(18)7-8-17(2)15(20)13-9-11-5-3-4-6-12(11)14(19)16-13/h3-6,9-10,18H,7-8H2,1-2H3,(H,16,19). The minimum Gasteiger partial charge on any atom is -0.393 e. The van der Waals surface area contributed by atoms with Gasteiger partial charge in [-0.1, -0.05) is 18.2 Å². The predicted octanol–water partition coefficient (Wildman–Crippen LogP) is 1.37. The Kier molecular flexibility index (Phi) is 4.20. The number of carbonyl (C=O) groups excluding carboxylic acids is 1. The van der Waals surface area contributed by atoms with E-state index in [0.29, 0.717) is 18.4 Å². The van der Waals surface area contributed by atoms with Gasteiger partial charge in [-0.15, -0.1) is 0 Å². The number of benzene rings is 1. The summed E-state index contributed by atoms with van der Waals surface area (Å²) >= 11 is 0. The molecule has 1 aromatic heterocycles. The van der Waals surface area contributed by atoms with Crippen molar-refractivity contribution in [2.75, 3.05) is 13.6 Å². The molecule has 2 rings (SSSR count). The molecule has 1 aromatic carbocycles. The molecule has 0 fully saturated rings. The summed E-state index contributed by atoms with van der Waals surface area (Å²) in [5, 5.41) is 10.5. The highest BCUT2D eigenvalue weighted by molar-refractivity contribution is 5.96. The number of rotatable bonds is 4. The molecule has 0 bridgehead atoms. The first-order valence-corrected chi connectivity index (χ1v) is 6.54. The van der Waals surface area contributed by atoms with E-state index in [2.05, 4.69) is 4.98 Å². The topological polar surface area (TPSA) is 73.4 Å². The minimum absolute atomic E-state index is 0.256. The van der Waals surface area contributed by atoms with Crippen molar-refractivity contribution in [3.63, 3.8) is 0 Å². The van der Waals surface area contributed by atoms with E-state index < -0.39 is 6.10 Å². The molecule has 1 heterocycles. The number of nitrogens with one attached hydrogen (secondary N) is 1. The van der Waals surface area contributed by atoms with Crippen LogP contribution in [0.2, 0.25) is 0 Å². The summed E-state index contributed by atoms with van der Waals surface area (Å²) in [6.07, 6.45) is 0.0426. The Hall–Kier alpha value is -2.14. The van der Waals surface area contributed by atoms with E-state index in [1.54, 1.807) is 38.2 Å². The second-order valence-corrected chi connectivity index (χ2v) is 4.96. The number of amides is 1. The first-order valence-electron chi connectivity index (χ1n) is 6.54. The number of aromatic amines is 1. The maximum absolute atomic E-state index is 12.2. The highest BCUT2D eigenvalue weighted by atomic mass is 16.3. The minimum atomic E-state index is -0.457. The molecule has 1 amide bonds. The normalized spacial score (nSPS) is 12.3. The smallest absolute Gasteiger partial charge is 0.270 e. The van der Waals surface area contributed by atoms with Crippen LogP contribution in [0.5, 0.6) is 0 Å². The van der Waals surface area contributed by atoms with Gasteiger partial charge in [-0.3, -0.25) is 9.59 Å². The fraction of sp³-hybridized carbons (Fsp3) is 0.333. The zero-order chi connectivity index (χ0) is 14.7. The average molecular weight is 274 g/mol. The zero-order valence-electron chi connectivity index (χ0n) is 11.6. The lowest BCUT2D eigenvalue weighted by atomic mass is 10.1. The van der Waals surface area contributed by atoms with Gasteiger partial charge in [0.05, 0.1) is 6.10 Å². The Bertz CT molecular complexity index is 676. The first kappa shape index (κ1) is 14.3. The largest absolute Gasteiger partial charge is 0.393 e. The van der Waals surface area contributed by atoms with Crippen molar-refractivity contribution in [2.24, 2.45) is 0 Å². The molecule has 5 heteroatoms. The molecule has 1 unspecified atom stereocenters. The van der Waals surface area contributed by atoms with Gasteiger partial charge in [0.15, 0.2) is 0 Å². The lowest BCUT2D eigenvalue weighted by Crippen LogP contribution is -2.31. The molecule has 0 aliphatic rings. The Balaban J connectivity index is 2.28. The van der Waals surface area contributed by atoms with Gasteiger partial charge in [0.1, 0.15) is 5.69 Å². The van der Waals surface area contributed by atoms with Crippen molar-refractivity contribution in [2.45, 2.75) is 19.4 Å². The molecule has 2 N–H and O–H groups in total. The van der Waals surface area contributed by atoms with Crippen molar-refractivity contribution in [3.05, 3.63) is 46.4 Å². The second kappa shape index (κ2) is 5.88. The van der Waals surface area contributed by atoms with Crippen LogP contribution in [0, 0.1) is 0 Å². The monoisotopic (exact) mass is 274 g/mol. The molecule has 0 aliphatic carbocycles. The lowest BCUT2D eigenvalue weighted by molar-refractivity contribution is 0.0763. The maximum atomic E-state index is 12.2. The second-order valence-electron chi connectivity index (χ2n) is 4.96. The Morgan fingerprint density at radius 3 is 2.80 bits per heavy atom. The quantitative estimate of drug-likeness (QED) is 0.884. The Morgan fingerprint density at radius 1 is 1.40 bits per heavy atom. The van der Waals surface area contributed by atoms with Crippen LogP contribution in [0.3, 0.4) is 0 Å². The van der Waals surface area contributed by atoms with E-state index in [0.717, 1.165) is 5.39 Å². The fourth-order valence-electron chi connectivity index (χ4n) is 2.01. The molecule has 0 saturated carbocycles. The van der Waals surface area contributed by atoms with Gasteiger partial charge in [-0.05, 0) is 30.9 Å². The third-order valence-corrected chi connectivity index (χ3v) is 3.21. The van der Waals surface area contributed by atoms with E-state index in [4.69, 9.17) is 0 Å². The van der Waals surface area contributed by atoms with E-state index in [1.807, 2.05) is 6.07 Å². The van der Waals surface area contributed by atoms with E-state index in [1.165, 1.54) is 4.90 Å². The molecule has 0 spiro atoms. The molecule has 5 nitrogen and oxygen atoms in total. The van der Waals surface area contributed by atoms with Crippen LogP contribution in [-0.2, 0) is 0 Å². The summed E-state index contributed by atoms with van der Waals surface area (Å²) in [5.41, 5.74) is -0.00262. The summed E-state index contributed by atoms with van der Waals surface area (Å²) in [6, 6.07) is 8.82. The van der Waals surface area contributed by atoms with Crippen LogP contribution < -0.4 is 5.56 Å². The van der Waals surface area contributed by atoms with Crippen molar-refractivity contribution in [3.8, 4) is 0 Å². The number of fused-ring (bicyclic) bond motifs is 1. The highest BCUT2D eigenvalue weighted by Gasteiger charge is 2.14. The summed E-state index contributed by atoms with van der Waals surface area (Å²) in [4.78, 5) is 28.3. The molecule has 106 valence electrons. The van der Waals surface area contributed by atoms with E-state index in [-0.39, 0.29) is 17.2 Å². The van der Waals surface area contributed by atoms with Crippen molar-refractivity contribution in [1.29, 1.82) is 0 Å². The predicted molar refractivity (Wildman–Crippen MR) is 77.8 cm³/mol. The van der Waals surface area contributed by atoms with Crippen LogP contribution in [0.1, 0.15) is 23.8 Å². The zero-order valence-corrected chi connectivity index (χ0v) is 11.6. The lowest BCUT2D eigenvalue weighted by Gasteiger charge is -2.18. The SMILES string of the molecule is CC(O)CCN(C)C(=O)c1cc2ccccc2c(=O)[nH]1. The van der Waals surface area contributed by atoms with Gasteiger partial charge in [-0.25, -0.2) is 0 Å². The van der Waals surface area contributed by atoms with Gasteiger partial charge in [0.25, 0.3) is 11.5 Å². The highest BCUT2D eigenvalue weighted by Crippen LogP contribution is 2.11. The van der Waals surface area contributed by atoms with Crippen molar-refractivity contribution >= 4 is 16.7 Å². The Labute approximate surface area is 116 Å². The van der Waals surface area contributed by atoms with Gasteiger partial charge < -0.3 is 15.0 Å². The van der Waals surface area contributed by atoms with Gasteiger partial charge >= 0.3 is 0 Å². The summed E-state index contributed by atoms with van der Waals surface area (Å²) in [5.74, 6) is -0.256. The molecular weight excluding hydrogens is 256 g/mol. The molecule has 0 aliphatic heterocycles. The molecular formula is C15H18N2O3. The number of aliphatic hydroxyl groups excluding tert-OH is 1. The van der Waals surface area contributed by atoms with Gasteiger partial charge in [0.2, 0.25) is 0 Å². The summed E-state index contributed by atoms with van der Waals surface area (Å²) in [6.45, 7) is 2.11. The first-order chi connectivity index (χ1) is 9.49. The number of hydrogen-bond donors (Lipinski definition) is 2. The van der Waals surface area contributed by atoms with Crippen molar-refractivity contribution in [1.82, 2.24) is 9.88 Å². The molecule has 0 radical (unpaired) electrons. The van der Waals surface area contributed by atoms with Gasteiger partial charge in [0, 0.05) is 19.0 Å². The molecule has 2 aromatic rings. The number of H-pyrrole nitrogens is 1. The van der Waals surface area contributed by atoms with E-state index in [9.17, 15) is 14.7 Å². The molecule has 0 saturated heterocycles. The number of carbonyl (C=O) groups is 1. The molecule has 1 atom stereocenters. The van der Waals surface area contributed by atoms with Crippen LogP contribution >= 0.6 is 0 Å². The van der Waals surface area contributed by atoms with Crippen LogP contribution in [0.25, 0.3) is 10.8 Å². The van der Waals surface area contributed by atoms with Crippen LogP contribution in [0.15, 0.2) is 35.1 Å². The fourth-order valence-corrected chi connectivity index (χ4v) is 2.01. The number of hydrogen-bond acceptors (Lipinski definition) is 3. The van der Waals surface area contributed by atoms with Crippen LogP contribution in [-0.4, -0.2) is 40.6 Å². The summed E-state index contributed by atoms with van der Waals surface area (Å²) < 4.78 is 0. The number of aromatic nitrogens is 1. The third-order valence-electron chi connectivity index (χ3n) is 3.21. The average Bonchev–Trinajstić information content (AvgIpc) is 2.43. The Morgan fingerprint density at radius 2 is 2.10 bits per heavy atom.